The minimum atomic E-state index is -1.43. The third kappa shape index (κ3) is 3.88. The predicted molar refractivity (Wildman–Crippen MR) is 139 cm³/mol. The van der Waals surface area contributed by atoms with Gasteiger partial charge < -0.3 is 45.0 Å². The van der Waals surface area contributed by atoms with Gasteiger partial charge in [-0.1, -0.05) is 6.92 Å². The van der Waals surface area contributed by atoms with Gasteiger partial charge in [0.05, 0.1) is 29.6 Å². The molecule has 0 aromatic heterocycles. The first-order valence-corrected chi connectivity index (χ1v) is 14.7. The lowest BCUT2D eigenvalue weighted by molar-refractivity contribution is -0.316. The summed E-state index contributed by atoms with van der Waals surface area (Å²) in [5, 5.41) is 68.7. The number of hydrogen-bond acceptors (Lipinski definition) is 11. The number of oxime groups is 1. The van der Waals surface area contributed by atoms with Crippen molar-refractivity contribution in [3.8, 4) is 0 Å². The van der Waals surface area contributed by atoms with Gasteiger partial charge in [0.25, 0.3) is 0 Å². The summed E-state index contributed by atoms with van der Waals surface area (Å²) in [6.45, 7) is 4.00. The first-order valence-electron chi connectivity index (χ1n) is 14.7. The molecule has 6 N–H and O–H groups in total. The zero-order valence-corrected chi connectivity index (χ0v) is 23.2. The molecular formula is C29H43NO10. The Morgan fingerprint density at radius 1 is 1.00 bits per heavy atom. The number of carbonyl (C=O) groups is 1. The Kier molecular flexibility index (Phi) is 6.93. The molecule has 0 aromatic rings. The van der Waals surface area contributed by atoms with Crippen molar-refractivity contribution < 1.29 is 49.7 Å². The van der Waals surface area contributed by atoms with E-state index >= 15 is 0 Å². The molecule has 11 heteroatoms. The summed E-state index contributed by atoms with van der Waals surface area (Å²) >= 11 is 0. The van der Waals surface area contributed by atoms with Crippen LogP contribution < -0.4 is 0 Å². The van der Waals surface area contributed by atoms with Crippen molar-refractivity contribution in [1.82, 2.24) is 0 Å². The Balaban J connectivity index is 1.24. The number of aliphatic hydroxyl groups excluding tert-OH is 3. The first-order chi connectivity index (χ1) is 18.9. The molecule has 0 spiro atoms. The van der Waals surface area contributed by atoms with Crippen LogP contribution >= 0.6 is 0 Å². The normalized spacial score (nSPS) is 54.4. The maximum atomic E-state index is 12.4. The van der Waals surface area contributed by atoms with Gasteiger partial charge in [-0.05, 0) is 81.6 Å². The Hall–Kier alpha value is -1.60. The van der Waals surface area contributed by atoms with Gasteiger partial charge in [0.15, 0.2) is 6.29 Å². The van der Waals surface area contributed by atoms with E-state index in [1.807, 2.05) is 0 Å². The van der Waals surface area contributed by atoms with E-state index in [1.165, 1.54) is 6.21 Å². The van der Waals surface area contributed by atoms with Gasteiger partial charge in [0.1, 0.15) is 24.9 Å². The summed E-state index contributed by atoms with van der Waals surface area (Å²) in [7, 11) is 0. The molecule has 0 unspecified atom stereocenters. The molecule has 1 saturated heterocycles. The highest BCUT2D eigenvalue weighted by Gasteiger charge is 2.71. The van der Waals surface area contributed by atoms with Gasteiger partial charge in [-0.2, -0.15) is 0 Å². The number of carbonyl (C=O) groups excluding carboxylic acids is 1. The molecule has 2 aliphatic heterocycles. The van der Waals surface area contributed by atoms with Crippen LogP contribution in [0.5, 0.6) is 0 Å². The number of fused-ring (bicyclic) bond motifs is 5. The minimum Gasteiger partial charge on any atom is -0.458 e. The van der Waals surface area contributed by atoms with Crippen molar-refractivity contribution in [3.05, 3.63) is 11.6 Å². The van der Waals surface area contributed by atoms with Crippen LogP contribution in [0.15, 0.2) is 16.8 Å². The molecule has 0 bridgehead atoms. The maximum Gasteiger partial charge on any atom is 0.331 e. The fourth-order valence-corrected chi connectivity index (χ4v) is 9.88. The second-order valence-corrected chi connectivity index (χ2v) is 13.5. The number of esters is 1. The molecule has 13 atom stereocenters. The number of rotatable bonds is 4. The summed E-state index contributed by atoms with van der Waals surface area (Å²) < 4.78 is 16.9. The minimum absolute atomic E-state index is 0.0514. The van der Waals surface area contributed by atoms with Crippen LogP contribution in [0.25, 0.3) is 0 Å². The monoisotopic (exact) mass is 565 g/mol. The highest BCUT2D eigenvalue weighted by atomic mass is 16.7. The molecule has 4 aliphatic carbocycles. The predicted octanol–water partition coefficient (Wildman–Crippen LogP) is 1.01. The van der Waals surface area contributed by atoms with Gasteiger partial charge >= 0.3 is 5.97 Å². The van der Waals surface area contributed by atoms with Crippen LogP contribution in [0.1, 0.15) is 71.6 Å². The Morgan fingerprint density at radius 3 is 2.45 bits per heavy atom. The summed E-state index contributed by atoms with van der Waals surface area (Å²) in [5.74, 6) is -0.514. The molecule has 224 valence electrons. The maximum absolute atomic E-state index is 12.4. The topological polar surface area (TPSA) is 178 Å². The van der Waals surface area contributed by atoms with E-state index in [1.54, 1.807) is 13.0 Å². The highest BCUT2D eigenvalue weighted by molar-refractivity contribution is 5.85. The lowest BCUT2D eigenvalue weighted by Crippen LogP contribution is -2.69. The van der Waals surface area contributed by atoms with Crippen molar-refractivity contribution in [2.24, 2.45) is 33.7 Å². The van der Waals surface area contributed by atoms with Gasteiger partial charge in [-0.25, -0.2) is 4.79 Å². The highest BCUT2D eigenvalue weighted by Crippen LogP contribution is 2.70. The lowest BCUT2D eigenvalue weighted by Gasteiger charge is -2.65. The number of hydrogen-bond donors (Lipinski definition) is 6. The van der Waals surface area contributed by atoms with Crippen LogP contribution in [0.4, 0.5) is 0 Å². The van der Waals surface area contributed by atoms with Gasteiger partial charge in [0.2, 0.25) is 0 Å². The summed E-state index contributed by atoms with van der Waals surface area (Å²) in [4.78, 5) is 11.8. The van der Waals surface area contributed by atoms with Crippen LogP contribution in [0.3, 0.4) is 0 Å². The molecular weight excluding hydrogens is 522 g/mol. The van der Waals surface area contributed by atoms with Crippen molar-refractivity contribution in [2.75, 3.05) is 6.61 Å². The smallest absolute Gasteiger partial charge is 0.331 e. The van der Waals surface area contributed by atoms with E-state index in [9.17, 15) is 35.5 Å². The van der Waals surface area contributed by atoms with Crippen molar-refractivity contribution in [2.45, 2.75) is 120 Å². The number of aliphatic hydroxyl groups is 5. The second-order valence-electron chi connectivity index (χ2n) is 13.5. The number of cyclic esters (lactones) is 1. The molecule has 6 aliphatic rings. The average molecular weight is 566 g/mol. The summed E-state index contributed by atoms with van der Waals surface area (Å²) in [5.41, 5.74) is -2.62. The Labute approximate surface area is 233 Å². The third-order valence-corrected chi connectivity index (χ3v) is 12.0. The van der Waals surface area contributed by atoms with Crippen LogP contribution in [-0.2, 0) is 19.0 Å². The third-order valence-electron chi connectivity index (χ3n) is 12.0. The zero-order chi connectivity index (χ0) is 28.7. The molecule has 40 heavy (non-hydrogen) atoms. The largest absolute Gasteiger partial charge is 0.458 e. The van der Waals surface area contributed by atoms with Crippen LogP contribution in [0.2, 0.25) is 0 Å². The molecule has 11 nitrogen and oxygen atoms in total. The molecule has 4 saturated carbocycles. The van der Waals surface area contributed by atoms with Crippen LogP contribution in [0, 0.1) is 28.6 Å². The molecule has 0 amide bonds. The quantitative estimate of drug-likeness (QED) is 0.0947. The number of ether oxygens (including phenoxy) is 3. The molecule has 0 aromatic carbocycles. The Bertz CT molecular complexity index is 1080. The van der Waals surface area contributed by atoms with Crippen molar-refractivity contribution >= 4 is 12.2 Å². The van der Waals surface area contributed by atoms with E-state index < -0.39 is 58.8 Å². The molecule has 0 radical (unpaired) electrons. The van der Waals surface area contributed by atoms with Gasteiger partial charge in [-0.3, -0.25) is 0 Å². The average Bonchev–Trinajstić information content (AvgIpc) is 3.46. The SMILES string of the molecule is C[C@@H]1O[C@@H](O[C@@H]2CC[C@]3(/C=N/O)[C@H]4CC[C@]5(C)[C@H](C6=CC(=O)OC6)CC[C@]5(O)[C@@H]4CC[C@]3(O)C2)[C@@H](O)[C@H](O)[C@H]1O. The molecule has 5 fully saturated rings. The van der Waals surface area contributed by atoms with Gasteiger partial charge in [0, 0.05) is 23.3 Å². The van der Waals surface area contributed by atoms with Gasteiger partial charge in [-0.15, -0.1) is 5.16 Å². The van der Waals surface area contributed by atoms with Crippen molar-refractivity contribution in [3.63, 3.8) is 0 Å². The fraction of sp³-hybridized carbons (Fsp3) is 0.862. The summed E-state index contributed by atoms with van der Waals surface area (Å²) in [6, 6.07) is 0. The van der Waals surface area contributed by atoms with Crippen LogP contribution in [-0.4, -0.2) is 97.5 Å². The molecule has 6 rings (SSSR count). The Morgan fingerprint density at radius 2 is 1.75 bits per heavy atom. The second kappa shape index (κ2) is 9.72. The zero-order valence-electron chi connectivity index (χ0n) is 23.2. The van der Waals surface area contributed by atoms with E-state index in [0.29, 0.717) is 38.5 Å². The fourth-order valence-electron chi connectivity index (χ4n) is 9.88. The van der Waals surface area contributed by atoms with E-state index in [4.69, 9.17) is 14.2 Å². The van der Waals surface area contributed by atoms with E-state index in [-0.39, 0.29) is 36.8 Å². The molecule has 2 heterocycles. The standard InChI is InChI=1S/C29H43NO10/c1-15-22(32)23(33)24(34)25(39-15)40-17-3-8-27(14-30-37)19-4-7-26(2)18(16-11-21(31)38-13-16)6-10-29(26,36)20(19)5-9-28(27,35)12-17/h11,14-15,17-20,22-25,32-37H,3-10,12-13H2,1-2H3/b30-14+/t15-,17+,18-,19-,20+,22-,23+,24-,25-,26+,27-,28-,29-/m0/s1. The van der Waals surface area contributed by atoms with E-state index in [2.05, 4.69) is 12.1 Å². The first kappa shape index (κ1) is 28.5. The lowest BCUT2D eigenvalue weighted by atomic mass is 9.41. The van der Waals surface area contributed by atoms with Crippen molar-refractivity contribution in [1.29, 1.82) is 0 Å². The van der Waals surface area contributed by atoms with E-state index in [0.717, 1.165) is 18.4 Å². The number of nitrogens with zero attached hydrogens (tertiary/aromatic N) is 1. The summed E-state index contributed by atoms with van der Waals surface area (Å²) in [6.07, 6.45) is 1.55.